The molecule has 0 fully saturated rings. The molecule has 1 aromatic rings. The van der Waals surface area contributed by atoms with Crippen molar-refractivity contribution in [2.75, 3.05) is 0 Å². The molecular formula is C10H16N2O. The van der Waals surface area contributed by atoms with Gasteiger partial charge in [-0.05, 0) is 19.3 Å². The number of fused-ring (bicyclic) bond motifs is 1. The fourth-order valence-corrected chi connectivity index (χ4v) is 1.96. The van der Waals surface area contributed by atoms with Crippen LogP contribution in [0.15, 0.2) is 6.20 Å². The Morgan fingerprint density at radius 3 is 3.08 bits per heavy atom. The summed E-state index contributed by atoms with van der Waals surface area (Å²) < 4.78 is 1.99. The summed E-state index contributed by atoms with van der Waals surface area (Å²) in [5, 5.41) is 9.80. The zero-order valence-corrected chi connectivity index (χ0v) is 8.20. The van der Waals surface area contributed by atoms with Crippen LogP contribution < -0.4 is 0 Å². The second-order valence-electron chi connectivity index (χ2n) is 4.01. The highest BCUT2D eigenvalue weighted by Gasteiger charge is 2.22. The average Bonchev–Trinajstić information content (AvgIpc) is 2.49. The van der Waals surface area contributed by atoms with Crippen molar-refractivity contribution in [3.05, 3.63) is 17.7 Å². The SMILES string of the molecule is CC(C)c1ncc2n1C(O)CCC2. The molecule has 2 heterocycles. The highest BCUT2D eigenvalue weighted by molar-refractivity contribution is 5.11. The number of aliphatic hydroxyl groups is 1. The summed E-state index contributed by atoms with van der Waals surface area (Å²) in [6.45, 7) is 4.22. The molecule has 3 heteroatoms. The van der Waals surface area contributed by atoms with Crippen molar-refractivity contribution in [2.24, 2.45) is 0 Å². The number of hydrogen-bond acceptors (Lipinski definition) is 2. The van der Waals surface area contributed by atoms with Gasteiger partial charge < -0.3 is 9.67 Å². The Morgan fingerprint density at radius 1 is 1.62 bits per heavy atom. The van der Waals surface area contributed by atoms with Crippen molar-refractivity contribution >= 4 is 0 Å². The van der Waals surface area contributed by atoms with E-state index in [1.807, 2.05) is 10.8 Å². The molecule has 1 aliphatic rings. The molecule has 0 amide bonds. The van der Waals surface area contributed by atoms with Gasteiger partial charge in [0.15, 0.2) is 0 Å². The Bertz CT molecular complexity index is 304. The van der Waals surface area contributed by atoms with Crippen LogP contribution in [0.1, 0.15) is 50.4 Å². The molecule has 3 nitrogen and oxygen atoms in total. The van der Waals surface area contributed by atoms with Crippen LogP contribution in [0.2, 0.25) is 0 Å². The monoisotopic (exact) mass is 180 g/mol. The van der Waals surface area contributed by atoms with Crippen LogP contribution in [-0.4, -0.2) is 14.7 Å². The summed E-state index contributed by atoms with van der Waals surface area (Å²) in [6, 6.07) is 0. The summed E-state index contributed by atoms with van der Waals surface area (Å²) in [4.78, 5) is 4.35. The van der Waals surface area contributed by atoms with Crippen LogP contribution in [-0.2, 0) is 6.42 Å². The predicted molar refractivity (Wildman–Crippen MR) is 50.5 cm³/mol. The molecule has 0 aliphatic carbocycles. The molecule has 13 heavy (non-hydrogen) atoms. The molecule has 0 spiro atoms. The van der Waals surface area contributed by atoms with Crippen LogP contribution in [0, 0.1) is 0 Å². The summed E-state index contributed by atoms with van der Waals surface area (Å²) in [5.74, 6) is 1.41. The average molecular weight is 180 g/mol. The molecule has 1 unspecified atom stereocenters. The van der Waals surface area contributed by atoms with E-state index >= 15 is 0 Å². The van der Waals surface area contributed by atoms with Crippen LogP contribution >= 0.6 is 0 Å². The highest BCUT2D eigenvalue weighted by Crippen LogP contribution is 2.27. The van der Waals surface area contributed by atoms with E-state index in [-0.39, 0.29) is 6.23 Å². The Morgan fingerprint density at radius 2 is 2.38 bits per heavy atom. The fraction of sp³-hybridized carbons (Fsp3) is 0.700. The van der Waals surface area contributed by atoms with Crippen LogP contribution in [0.3, 0.4) is 0 Å². The number of imidazole rings is 1. The van der Waals surface area contributed by atoms with E-state index in [2.05, 4.69) is 18.8 Å². The van der Waals surface area contributed by atoms with Crippen molar-refractivity contribution < 1.29 is 5.11 Å². The van der Waals surface area contributed by atoms with Crippen molar-refractivity contribution in [2.45, 2.75) is 45.3 Å². The molecule has 1 atom stereocenters. The minimum absolute atomic E-state index is 0.344. The Kier molecular flexibility index (Phi) is 2.12. The maximum absolute atomic E-state index is 9.80. The molecular weight excluding hydrogens is 164 g/mol. The lowest BCUT2D eigenvalue weighted by Crippen LogP contribution is -2.19. The van der Waals surface area contributed by atoms with E-state index in [4.69, 9.17) is 0 Å². The number of hydrogen-bond donors (Lipinski definition) is 1. The number of rotatable bonds is 1. The molecule has 0 saturated carbocycles. The van der Waals surface area contributed by atoms with Gasteiger partial charge in [0.25, 0.3) is 0 Å². The van der Waals surface area contributed by atoms with Gasteiger partial charge in [-0.3, -0.25) is 0 Å². The van der Waals surface area contributed by atoms with Gasteiger partial charge in [0.2, 0.25) is 0 Å². The van der Waals surface area contributed by atoms with Gasteiger partial charge in [-0.25, -0.2) is 4.98 Å². The molecule has 0 radical (unpaired) electrons. The zero-order chi connectivity index (χ0) is 9.42. The smallest absolute Gasteiger partial charge is 0.132 e. The van der Waals surface area contributed by atoms with Gasteiger partial charge >= 0.3 is 0 Å². The first-order valence-electron chi connectivity index (χ1n) is 4.94. The summed E-state index contributed by atoms with van der Waals surface area (Å²) in [7, 11) is 0. The predicted octanol–water partition coefficient (Wildman–Crippen LogP) is 1.83. The van der Waals surface area contributed by atoms with Gasteiger partial charge in [0.05, 0.1) is 0 Å². The largest absolute Gasteiger partial charge is 0.373 e. The van der Waals surface area contributed by atoms with E-state index in [9.17, 15) is 5.11 Å². The van der Waals surface area contributed by atoms with E-state index in [0.717, 1.165) is 25.1 Å². The van der Waals surface area contributed by atoms with Crippen LogP contribution in [0.4, 0.5) is 0 Å². The minimum atomic E-state index is -0.344. The molecule has 0 saturated heterocycles. The standard InChI is InChI=1S/C10H16N2O/c1-7(2)10-11-6-8-4-3-5-9(13)12(8)10/h6-7,9,13H,3-5H2,1-2H3. The molecule has 72 valence electrons. The van der Waals surface area contributed by atoms with E-state index in [1.54, 1.807) is 0 Å². The second kappa shape index (κ2) is 3.14. The number of aryl methyl sites for hydroxylation is 1. The first-order chi connectivity index (χ1) is 6.20. The fourth-order valence-electron chi connectivity index (χ4n) is 1.96. The Labute approximate surface area is 78.4 Å². The molecule has 2 rings (SSSR count). The first kappa shape index (κ1) is 8.75. The third-order valence-corrected chi connectivity index (χ3v) is 2.61. The third kappa shape index (κ3) is 1.37. The molecule has 1 N–H and O–H groups in total. The van der Waals surface area contributed by atoms with Gasteiger partial charge in [-0.2, -0.15) is 0 Å². The summed E-state index contributed by atoms with van der Waals surface area (Å²) in [6.07, 6.45) is 4.55. The van der Waals surface area contributed by atoms with Gasteiger partial charge in [0.1, 0.15) is 12.1 Å². The third-order valence-electron chi connectivity index (χ3n) is 2.61. The summed E-state index contributed by atoms with van der Waals surface area (Å²) in [5.41, 5.74) is 1.18. The number of aliphatic hydroxyl groups excluding tert-OH is 1. The maximum atomic E-state index is 9.80. The first-order valence-corrected chi connectivity index (χ1v) is 4.94. The zero-order valence-electron chi connectivity index (χ0n) is 8.20. The number of nitrogens with zero attached hydrogens (tertiary/aromatic N) is 2. The molecule has 1 aromatic heterocycles. The van der Waals surface area contributed by atoms with Gasteiger partial charge in [-0.15, -0.1) is 0 Å². The highest BCUT2D eigenvalue weighted by atomic mass is 16.3. The van der Waals surface area contributed by atoms with E-state index in [1.165, 1.54) is 5.69 Å². The van der Waals surface area contributed by atoms with Crippen molar-refractivity contribution in [3.8, 4) is 0 Å². The second-order valence-corrected chi connectivity index (χ2v) is 4.01. The van der Waals surface area contributed by atoms with Crippen LogP contribution in [0.5, 0.6) is 0 Å². The minimum Gasteiger partial charge on any atom is -0.373 e. The lowest BCUT2D eigenvalue weighted by molar-refractivity contribution is 0.0750. The lowest BCUT2D eigenvalue weighted by Gasteiger charge is -2.23. The number of aromatic nitrogens is 2. The van der Waals surface area contributed by atoms with Crippen molar-refractivity contribution in [1.29, 1.82) is 0 Å². The van der Waals surface area contributed by atoms with Crippen molar-refractivity contribution in [3.63, 3.8) is 0 Å². The molecule has 1 aliphatic heterocycles. The normalized spacial score (nSPS) is 22.0. The summed E-state index contributed by atoms with van der Waals surface area (Å²) >= 11 is 0. The van der Waals surface area contributed by atoms with E-state index in [0.29, 0.717) is 5.92 Å². The Hall–Kier alpha value is -0.830. The van der Waals surface area contributed by atoms with E-state index < -0.39 is 0 Å². The molecule has 0 aromatic carbocycles. The lowest BCUT2D eigenvalue weighted by atomic mass is 10.1. The molecule has 0 bridgehead atoms. The maximum Gasteiger partial charge on any atom is 0.132 e. The van der Waals surface area contributed by atoms with Gasteiger partial charge in [-0.1, -0.05) is 13.8 Å². The Balaban J connectivity index is 2.44. The van der Waals surface area contributed by atoms with Crippen LogP contribution in [0.25, 0.3) is 0 Å². The topological polar surface area (TPSA) is 38.0 Å². The van der Waals surface area contributed by atoms with Crippen molar-refractivity contribution in [1.82, 2.24) is 9.55 Å². The van der Waals surface area contributed by atoms with Gasteiger partial charge in [0, 0.05) is 17.8 Å². The quantitative estimate of drug-likeness (QED) is 0.716.